The Kier molecular flexibility index (Phi) is 5.09. The van der Waals surface area contributed by atoms with Crippen molar-refractivity contribution in [2.75, 3.05) is 5.32 Å². The fourth-order valence-electron chi connectivity index (χ4n) is 3.73. The van der Waals surface area contributed by atoms with Crippen molar-refractivity contribution in [2.45, 2.75) is 19.5 Å². The Labute approximate surface area is 186 Å². The molecule has 0 aliphatic heterocycles. The number of hydrogen-bond acceptors (Lipinski definition) is 7. The molecule has 0 spiro atoms. The van der Waals surface area contributed by atoms with Gasteiger partial charge in [0.05, 0.1) is 29.2 Å². The molecule has 33 heavy (non-hydrogen) atoms. The van der Waals surface area contributed by atoms with Gasteiger partial charge in [-0.1, -0.05) is 6.07 Å². The molecule has 5 aromatic rings. The SMILES string of the molecule is CC(Nc1ncnc2[nH]ccc(=O)c12)c1nc2ccc(F)cc2c(=O)n1Cc1ccccn1. The molecule has 4 aromatic heterocycles. The summed E-state index contributed by atoms with van der Waals surface area (Å²) in [7, 11) is 0. The lowest BCUT2D eigenvalue weighted by Crippen LogP contribution is -2.29. The number of halogens is 1. The number of H-pyrrole nitrogens is 1. The van der Waals surface area contributed by atoms with Gasteiger partial charge in [0.25, 0.3) is 5.56 Å². The maximum atomic E-state index is 13.9. The van der Waals surface area contributed by atoms with Crippen LogP contribution < -0.4 is 16.3 Å². The van der Waals surface area contributed by atoms with Gasteiger partial charge >= 0.3 is 0 Å². The van der Waals surface area contributed by atoms with E-state index in [1.807, 2.05) is 6.07 Å². The summed E-state index contributed by atoms with van der Waals surface area (Å²) in [4.78, 5) is 46.0. The van der Waals surface area contributed by atoms with E-state index < -0.39 is 11.9 Å². The molecule has 1 atom stereocenters. The number of aromatic nitrogens is 6. The molecular formula is C23H18FN7O2. The Hall–Kier alpha value is -4.47. The number of hydrogen-bond donors (Lipinski definition) is 2. The minimum atomic E-state index is -0.534. The van der Waals surface area contributed by atoms with Crippen LogP contribution in [0.3, 0.4) is 0 Å². The van der Waals surface area contributed by atoms with Crippen LogP contribution in [0.5, 0.6) is 0 Å². The normalized spacial score (nSPS) is 12.2. The van der Waals surface area contributed by atoms with Crippen molar-refractivity contribution >= 4 is 27.8 Å². The topological polar surface area (TPSA) is 118 Å². The van der Waals surface area contributed by atoms with Gasteiger partial charge in [0.2, 0.25) is 0 Å². The summed E-state index contributed by atoms with van der Waals surface area (Å²) < 4.78 is 15.3. The van der Waals surface area contributed by atoms with Crippen molar-refractivity contribution in [3.8, 4) is 0 Å². The molecule has 0 aliphatic rings. The van der Waals surface area contributed by atoms with E-state index in [-0.39, 0.29) is 22.9 Å². The maximum absolute atomic E-state index is 13.9. The molecule has 0 fully saturated rings. The lowest BCUT2D eigenvalue weighted by molar-refractivity contribution is 0.621. The van der Waals surface area contributed by atoms with Crippen LogP contribution in [0.4, 0.5) is 10.2 Å². The van der Waals surface area contributed by atoms with Crippen LogP contribution in [0.2, 0.25) is 0 Å². The van der Waals surface area contributed by atoms with Gasteiger partial charge in [-0.05, 0) is 37.3 Å². The quantitative estimate of drug-likeness (QED) is 0.429. The van der Waals surface area contributed by atoms with Crippen molar-refractivity contribution in [3.63, 3.8) is 0 Å². The zero-order valence-corrected chi connectivity index (χ0v) is 17.5. The molecule has 0 saturated carbocycles. The van der Waals surface area contributed by atoms with Crippen LogP contribution in [-0.4, -0.2) is 29.5 Å². The first-order valence-electron chi connectivity index (χ1n) is 10.2. The van der Waals surface area contributed by atoms with E-state index >= 15 is 0 Å². The third-order valence-electron chi connectivity index (χ3n) is 5.28. The van der Waals surface area contributed by atoms with Crippen molar-refractivity contribution in [2.24, 2.45) is 0 Å². The van der Waals surface area contributed by atoms with Gasteiger partial charge in [0, 0.05) is 18.5 Å². The van der Waals surface area contributed by atoms with Crippen molar-refractivity contribution < 1.29 is 4.39 Å². The Balaban J connectivity index is 1.65. The van der Waals surface area contributed by atoms with Gasteiger partial charge in [-0.3, -0.25) is 19.1 Å². The minimum absolute atomic E-state index is 0.144. The zero-order valence-electron chi connectivity index (χ0n) is 17.5. The van der Waals surface area contributed by atoms with E-state index in [9.17, 15) is 14.0 Å². The number of nitrogens with one attached hydrogen (secondary N) is 2. The number of nitrogens with zero attached hydrogens (tertiary/aromatic N) is 5. The smallest absolute Gasteiger partial charge is 0.261 e. The van der Waals surface area contributed by atoms with E-state index in [4.69, 9.17) is 0 Å². The number of rotatable bonds is 5. The fourth-order valence-corrected chi connectivity index (χ4v) is 3.73. The van der Waals surface area contributed by atoms with E-state index in [1.54, 1.807) is 25.3 Å². The van der Waals surface area contributed by atoms with Gasteiger partial charge in [-0.15, -0.1) is 0 Å². The molecule has 1 aromatic carbocycles. The molecule has 1 unspecified atom stereocenters. The van der Waals surface area contributed by atoms with Crippen molar-refractivity contribution in [1.29, 1.82) is 0 Å². The summed E-state index contributed by atoms with van der Waals surface area (Å²) in [5.41, 5.74) is 0.772. The third kappa shape index (κ3) is 3.82. The Morgan fingerprint density at radius 1 is 1.12 bits per heavy atom. The zero-order chi connectivity index (χ0) is 22.9. The van der Waals surface area contributed by atoms with Crippen LogP contribution in [0.1, 0.15) is 24.5 Å². The molecule has 10 heteroatoms. The third-order valence-corrected chi connectivity index (χ3v) is 5.28. The van der Waals surface area contributed by atoms with Crippen LogP contribution in [0, 0.1) is 5.82 Å². The Bertz CT molecular complexity index is 1590. The predicted octanol–water partition coefficient (Wildman–Crippen LogP) is 2.78. The van der Waals surface area contributed by atoms with E-state index in [0.29, 0.717) is 33.9 Å². The molecule has 164 valence electrons. The molecule has 5 rings (SSSR count). The second-order valence-electron chi connectivity index (χ2n) is 7.50. The molecule has 0 amide bonds. The lowest BCUT2D eigenvalue weighted by atomic mass is 10.2. The van der Waals surface area contributed by atoms with E-state index in [0.717, 1.165) is 0 Å². The van der Waals surface area contributed by atoms with Crippen LogP contribution in [0.25, 0.3) is 21.9 Å². The minimum Gasteiger partial charge on any atom is -0.360 e. The number of aromatic amines is 1. The summed E-state index contributed by atoms with van der Waals surface area (Å²) in [6.45, 7) is 1.95. The highest BCUT2D eigenvalue weighted by molar-refractivity contribution is 5.85. The predicted molar refractivity (Wildman–Crippen MR) is 121 cm³/mol. The van der Waals surface area contributed by atoms with Gasteiger partial charge in [-0.2, -0.15) is 0 Å². The maximum Gasteiger partial charge on any atom is 0.261 e. The molecule has 0 radical (unpaired) electrons. The molecule has 4 heterocycles. The van der Waals surface area contributed by atoms with Gasteiger partial charge in [0.1, 0.15) is 34.8 Å². The van der Waals surface area contributed by atoms with Crippen LogP contribution in [0.15, 0.2) is 70.8 Å². The second kappa shape index (κ2) is 8.23. The summed E-state index contributed by atoms with van der Waals surface area (Å²) in [5.74, 6) is 0.187. The highest BCUT2D eigenvalue weighted by Gasteiger charge is 2.19. The molecular weight excluding hydrogens is 425 g/mol. The fraction of sp³-hybridized carbons (Fsp3) is 0.130. The highest BCUT2D eigenvalue weighted by Crippen LogP contribution is 2.22. The lowest BCUT2D eigenvalue weighted by Gasteiger charge is -2.20. The monoisotopic (exact) mass is 443 g/mol. The number of benzene rings is 1. The van der Waals surface area contributed by atoms with E-state index in [1.165, 1.54) is 41.4 Å². The first-order valence-corrected chi connectivity index (χ1v) is 10.2. The standard InChI is InChI=1S/C23H18FN7O2/c1-13(29-21-19-18(32)7-9-26-20(19)27-12-28-21)22-30-17-6-5-14(24)10-16(17)23(33)31(22)11-15-4-2-3-8-25-15/h2-10,12-13H,11H2,1H3,(H2,26,27,28,29,32). The molecule has 0 bridgehead atoms. The van der Waals surface area contributed by atoms with Gasteiger partial charge < -0.3 is 10.3 Å². The average molecular weight is 443 g/mol. The van der Waals surface area contributed by atoms with Crippen LogP contribution >= 0.6 is 0 Å². The molecule has 2 N–H and O–H groups in total. The highest BCUT2D eigenvalue weighted by atomic mass is 19.1. The van der Waals surface area contributed by atoms with Crippen molar-refractivity contribution in [1.82, 2.24) is 29.5 Å². The van der Waals surface area contributed by atoms with Crippen LogP contribution in [-0.2, 0) is 6.54 Å². The summed E-state index contributed by atoms with van der Waals surface area (Å²) in [6.07, 6.45) is 4.49. The second-order valence-corrected chi connectivity index (χ2v) is 7.50. The largest absolute Gasteiger partial charge is 0.360 e. The van der Waals surface area contributed by atoms with Gasteiger partial charge in [0.15, 0.2) is 5.43 Å². The molecule has 9 nitrogen and oxygen atoms in total. The van der Waals surface area contributed by atoms with Gasteiger partial charge in [-0.25, -0.2) is 19.3 Å². The summed E-state index contributed by atoms with van der Waals surface area (Å²) in [6, 6.07) is 10.2. The Morgan fingerprint density at radius 2 is 2.00 bits per heavy atom. The van der Waals surface area contributed by atoms with E-state index in [2.05, 4.69) is 30.2 Å². The molecule has 0 aliphatic carbocycles. The summed E-state index contributed by atoms with van der Waals surface area (Å²) in [5, 5.41) is 3.66. The molecule has 0 saturated heterocycles. The number of anilines is 1. The summed E-state index contributed by atoms with van der Waals surface area (Å²) >= 11 is 0. The number of pyridine rings is 2. The average Bonchev–Trinajstić information content (AvgIpc) is 2.82. The van der Waals surface area contributed by atoms with Crippen molar-refractivity contribution in [3.05, 3.63) is 99.1 Å². The Morgan fingerprint density at radius 3 is 2.82 bits per heavy atom. The first-order chi connectivity index (χ1) is 16.0. The number of fused-ring (bicyclic) bond motifs is 2. The first kappa shape index (κ1) is 20.4.